The lowest BCUT2D eigenvalue weighted by atomic mass is 9.84. The standard InChI is InChI=1S/C24H24O3/c1-14(2)20-12-25-17(5)23(20)24(18-7-6-15(3)16(4)10-18)19-8-9-21-22(11-19)27-13-26-21/h6,8-11H,1,5,7,12-13H2,2-4H3/b24-18+. The average molecular weight is 360 g/mol. The van der Waals surface area contributed by atoms with Crippen LogP contribution in [-0.4, -0.2) is 13.4 Å². The summed E-state index contributed by atoms with van der Waals surface area (Å²) in [7, 11) is 0. The van der Waals surface area contributed by atoms with Crippen LogP contribution in [0, 0.1) is 0 Å². The van der Waals surface area contributed by atoms with E-state index in [-0.39, 0.29) is 6.79 Å². The van der Waals surface area contributed by atoms with Crippen molar-refractivity contribution in [3.8, 4) is 11.5 Å². The fraction of sp³-hybridized carbons (Fsp3) is 0.250. The highest BCUT2D eigenvalue weighted by Gasteiger charge is 2.28. The normalized spacial score (nSPS) is 20.3. The van der Waals surface area contributed by atoms with E-state index in [9.17, 15) is 0 Å². The van der Waals surface area contributed by atoms with E-state index >= 15 is 0 Å². The number of allylic oxidation sites excluding steroid dienone is 6. The molecule has 1 aromatic carbocycles. The van der Waals surface area contributed by atoms with Crippen LogP contribution < -0.4 is 9.47 Å². The monoisotopic (exact) mass is 360 g/mol. The Morgan fingerprint density at radius 2 is 1.81 bits per heavy atom. The van der Waals surface area contributed by atoms with E-state index in [0.717, 1.165) is 45.8 Å². The molecule has 0 spiro atoms. The van der Waals surface area contributed by atoms with Crippen molar-refractivity contribution in [1.29, 1.82) is 0 Å². The Hall–Kier alpha value is -2.94. The maximum Gasteiger partial charge on any atom is 0.231 e. The number of hydrogen-bond acceptors (Lipinski definition) is 3. The van der Waals surface area contributed by atoms with Gasteiger partial charge in [-0.15, -0.1) is 0 Å². The molecule has 1 aliphatic carbocycles. The lowest BCUT2D eigenvalue weighted by Crippen LogP contribution is -2.01. The minimum atomic E-state index is 0.265. The Bertz CT molecular complexity index is 983. The van der Waals surface area contributed by atoms with E-state index in [4.69, 9.17) is 14.2 Å². The Balaban J connectivity index is 1.96. The summed E-state index contributed by atoms with van der Waals surface area (Å²) >= 11 is 0. The Morgan fingerprint density at radius 3 is 2.56 bits per heavy atom. The maximum absolute atomic E-state index is 5.82. The van der Waals surface area contributed by atoms with Crippen LogP contribution >= 0.6 is 0 Å². The van der Waals surface area contributed by atoms with Crippen LogP contribution in [0.15, 0.2) is 82.7 Å². The summed E-state index contributed by atoms with van der Waals surface area (Å²) in [5.74, 6) is 2.26. The minimum absolute atomic E-state index is 0.265. The molecule has 3 heteroatoms. The van der Waals surface area contributed by atoms with Crippen LogP contribution in [0.1, 0.15) is 32.8 Å². The highest BCUT2D eigenvalue weighted by molar-refractivity contribution is 5.90. The third-order valence-corrected chi connectivity index (χ3v) is 5.36. The van der Waals surface area contributed by atoms with Gasteiger partial charge in [0.15, 0.2) is 11.5 Å². The highest BCUT2D eigenvalue weighted by Crippen LogP contribution is 2.44. The number of ether oxygens (including phenoxy) is 3. The van der Waals surface area contributed by atoms with E-state index in [2.05, 4.69) is 45.2 Å². The quantitative estimate of drug-likeness (QED) is 0.673. The van der Waals surface area contributed by atoms with Gasteiger partial charge in [-0.1, -0.05) is 42.5 Å². The summed E-state index contributed by atoms with van der Waals surface area (Å²) in [5.41, 5.74) is 9.22. The van der Waals surface area contributed by atoms with Gasteiger partial charge in [0.05, 0.1) is 0 Å². The second-order valence-electron chi connectivity index (χ2n) is 7.23. The Kier molecular flexibility index (Phi) is 4.31. The van der Waals surface area contributed by atoms with Crippen LogP contribution in [0.5, 0.6) is 11.5 Å². The summed E-state index contributed by atoms with van der Waals surface area (Å²) in [6.45, 7) is 15.4. The van der Waals surface area contributed by atoms with Gasteiger partial charge in [0.2, 0.25) is 6.79 Å². The van der Waals surface area contributed by atoms with Crippen molar-refractivity contribution in [2.45, 2.75) is 27.2 Å². The van der Waals surface area contributed by atoms with E-state index in [1.54, 1.807) is 0 Å². The van der Waals surface area contributed by atoms with Gasteiger partial charge in [-0.05, 0) is 61.6 Å². The fourth-order valence-corrected chi connectivity index (χ4v) is 3.67. The molecule has 0 N–H and O–H groups in total. The predicted molar refractivity (Wildman–Crippen MR) is 109 cm³/mol. The first kappa shape index (κ1) is 17.5. The van der Waals surface area contributed by atoms with E-state index < -0.39 is 0 Å². The maximum atomic E-state index is 5.82. The molecule has 0 bridgehead atoms. The number of benzene rings is 1. The number of fused-ring (bicyclic) bond motifs is 1. The molecule has 3 aliphatic rings. The van der Waals surface area contributed by atoms with Gasteiger partial charge in [0.25, 0.3) is 0 Å². The predicted octanol–water partition coefficient (Wildman–Crippen LogP) is 5.88. The number of rotatable bonds is 3. The fourth-order valence-electron chi connectivity index (χ4n) is 3.67. The van der Waals surface area contributed by atoms with Gasteiger partial charge in [-0.2, -0.15) is 0 Å². The van der Waals surface area contributed by atoms with Crippen molar-refractivity contribution < 1.29 is 14.2 Å². The molecule has 3 nitrogen and oxygen atoms in total. The van der Waals surface area contributed by atoms with Crippen LogP contribution in [0.4, 0.5) is 0 Å². The molecule has 0 saturated heterocycles. The second kappa shape index (κ2) is 6.66. The largest absolute Gasteiger partial charge is 0.489 e. The zero-order valence-corrected chi connectivity index (χ0v) is 16.1. The van der Waals surface area contributed by atoms with Crippen LogP contribution in [0.2, 0.25) is 0 Å². The zero-order valence-electron chi connectivity index (χ0n) is 16.1. The first-order chi connectivity index (χ1) is 13.0. The molecule has 2 heterocycles. The molecule has 0 atom stereocenters. The second-order valence-corrected chi connectivity index (χ2v) is 7.23. The number of hydrogen-bond donors (Lipinski definition) is 0. The third kappa shape index (κ3) is 3.03. The van der Waals surface area contributed by atoms with Gasteiger partial charge in [0, 0.05) is 11.1 Å². The lowest BCUT2D eigenvalue weighted by molar-refractivity contribution is 0.174. The summed E-state index contributed by atoms with van der Waals surface area (Å²) < 4.78 is 16.9. The van der Waals surface area contributed by atoms with Crippen LogP contribution in [0.25, 0.3) is 5.57 Å². The van der Waals surface area contributed by atoms with Crippen molar-refractivity contribution in [3.05, 3.63) is 88.3 Å². The molecule has 138 valence electrons. The van der Waals surface area contributed by atoms with Crippen molar-refractivity contribution in [3.63, 3.8) is 0 Å². The van der Waals surface area contributed by atoms with Gasteiger partial charge in [-0.25, -0.2) is 0 Å². The molecule has 1 aromatic rings. The molecule has 27 heavy (non-hydrogen) atoms. The first-order valence-electron chi connectivity index (χ1n) is 9.15. The minimum Gasteiger partial charge on any atom is -0.489 e. The molecule has 0 fully saturated rings. The SMILES string of the molecule is C=C(C)C1=C(/C(=C2/C=C(C)C(C)=CC2)c2ccc3c(c2)OCO3)C(=C)OC1. The molecular weight excluding hydrogens is 336 g/mol. The van der Waals surface area contributed by atoms with E-state index in [1.165, 1.54) is 16.7 Å². The lowest BCUT2D eigenvalue weighted by Gasteiger charge is -2.20. The van der Waals surface area contributed by atoms with E-state index in [0.29, 0.717) is 12.4 Å². The van der Waals surface area contributed by atoms with Gasteiger partial charge < -0.3 is 14.2 Å². The van der Waals surface area contributed by atoms with Crippen LogP contribution in [0.3, 0.4) is 0 Å². The van der Waals surface area contributed by atoms with Gasteiger partial charge >= 0.3 is 0 Å². The smallest absolute Gasteiger partial charge is 0.231 e. The third-order valence-electron chi connectivity index (χ3n) is 5.36. The molecule has 0 unspecified atom stereocenters. The van der Waals surface area contributed by atoms with Crippen molar-refractivity contribution in [1.82, 2.24) is 0 Å². The molecule has 0 radical (unpaired) electrons. The first-order valence-corrected chi connectivity index (χ1v) is 9.15. The van der Waals surface area contributed by atoms with Gasteiger partial charge in [0.1, 0.15) is 12.4 Å². The molecule has 4 rings (SSSR count). The summed E-state index contributed by atoms with van der Waals surface area (Å²) in [6.07, 6.45) is 5.41. The van der Waals surface area contributed by atoms with Crippen molar-refractivity contribution >= 4 is 5.57 Å². The van der Waals surface area contributed by atoms with Crippen molar-refractivity contribution in [2.24, 2.45) is 0 Å². The zero-order chi connectivity index (χ0) is 19.1. The summed E-state index contributed by atoms with van der Waals surface area (Å²) in [5, 5.41) is 0. The van der Waals surface area contributed by atoms with E-state index in [1.807, 2.05) is 19.1 Å². The molecule has 0 aromatic heterocycles. The molecule has 0 amide bonds. The molecule has 2 aliphatic heterocycles. The topological polar surface area (TPSA) is 27.7 Å². The van der Waals surface area contributed by atoms with Gasteiger partial charge in [-0.3, -0.25) is 0 Å². The summed E-state index contributed by atoms with van der Waals surface area (Å²) in [4.78, 5) is 0. The average Bonchev–Trinajstić information content (AvgIpc) is 3.25. The Morgan fingerprint density at radius 1 is 1.04 bits per heavy atom. The van der Waals surface area contributed by atoms with Crippen molar-refractivity contribution in [2.75, 3.05) is 13.4 Å². The molecule has 0 saturated carbocycles. The molecular formula is C24H24O3. The summed E-state index contributed by atoms with van der Waals surface area (Å²) in [6, 6.07) is 6.10. The highest BCUT2D eigenvalue weighted by atomic mass is 16.7. The van der Waals surface area contributed by atoms with Crippen LogP contribution in [-0.2, 0) is 4.74 Å². The Labute approximate surface area is 160 Å².